The smallest absolute Gasteiger partial charge is 0.387 e. The number of likely N-dealkylation sites (N-methyl/N-ethyl adjacent to an activating group) is 1. The average Bonchev–Trinajstić information content (AvgIpc) is 2.37. The number of ether oxygens (including phenoxy) is 2. The third-order valence-corrected chi connectivity index (χ3v) is 2.96. The molecule has 0 amide bonds. The van der Waals surface area contributed by atoms with Gasteiger partial charge in [0.05, 0.1) is 12.7 Å². The van der Waals surface area contributed by atoms with Gasteiger partial charge in [0.15, 0.2) is 0 Å². The summed E-state index contributed by atoms with van der Waals surface area (Å²) < 4.78 is 33.9. The molecule has 0 spiro atoms. The van der Waals surface area contributed by atoms with Crippen LogP contribution in [0.5, 0.6) is 5.75 Å². The van der Waals surface area contributed by atoms with Crippen molar-refractivity contribution >= 4 is 5.69 Å². The van der Waals surface area contributed by atoms with Crippen LogP contribution in [0.2, 0.25) is 0 Å². The fourth-order valence-corrected chi connectivity index (χ4v) is 1.98. The number of halogens is 2. The summed E-state index contributed by atoms with van der Waals surface area (Å²) in [4.78, 5) is 2.22. The molecule has 1 fully saturated rings. The summed E-state index contributed by atoms with van der Waals surface area (Å²) in [5.41, 5.74) is 0.860. The number of anilines is 1. The second-order valence-corrected chi connectivity index (χ2v) is 4.54. The lowest BCUT2D eigenvalue weighted by atomic mass is 10.2. The maximum Gasteiger partial charge on any atom is 0.387 e. The first-order chi connectivity index (χ1) is 9.13. The van der Waals surface area contributed by atoms with Gasteiger partial charge in [-0.25, -0.2) is 0 Å². The van der Waals surface area contributed by atoms with E-state index in [2.05, 4.69) is 22.0 Å². The number of morpholine rings is 1. The Balaban J connectivity index is 1.79. The van der Waals surface area contributed by atoms with Crippen molar-refractivity contribution in [2.45, 2.75) is 12.7 Å². The van der Waals surface area contributed by atoms with Crippen LogP contribution in [0.15, 0.2) is 24.3 Å². The van der Waals surface area contributed by atoms with Gasteiger partial charge in [-0.05, 0) is 31.3 Å². The molecule has 1 aromatic carbocycles. The molecular formula is C13H18F2N2O2. The third-order valence-electron chi connectivity index (χ3n) is 2.96. The summed E-state index contributed by atoms with van der Waals surface area (Å²) in [5.74, 6) is 0.161. The summed E-state index contributed by atoms with van der Waals surface area (Å²) >= 11 is 0. The number of nitrogens with zero attached hydrogens (tertiary/aromatic N) is 1. The summed E-state index contributed by atoms with van der Waals surface area (Å²) in [6, 6.07) is 6.46. The molecule has 1 unspecified atom stereocenters. The number of benzene rings is 1. The van der Waals surface area contributed by atoms with Crippen LogP contribution < -0.4 is 10.1 Å². The topological polar surface area (TPSA) is 33.7 Å². The number of alkyl halides is 2. The maximum absolute atomic E-state index is 12.0. The number of rotatable bonds is 5. The van der Waals surface area contributed by atoms with Gasteiger partial charge in [0, 0.05) is 25.3 Å². The molecular weight excluding hydrogens is 254 g/mol. The summed E-state index contributed by atoms with van der Waals surface area (Å²) in [7, 11) is 2.06. The Morgan fingerprint density at radius 2 is 2.16 bits per heavy atom. The van der Waals surface area contributed by atoms with Crippen molar-refractivity contribution in [2.24, 2.45) is 0 Å². The molecule has 1 saturated heterocycles. The van der Waals surface area contributed by atoms with Crippen LogP contribution >= 0.6 is 0 Å². The zero-order valence-corrected chi connectivity index (χ0v) is 10.8. The molecule has 0 aromatic heterocycles. The predicted molar refractivity (Wildman–Crippen MR) is 68.8 cm³/mol. The lowest BCUT2D eigenvalue weighted by Gasteiger charge is -2.30. The molecule has 1 aliphatic heterocycles. The Labute approximate surface area is 111 Å². The zero-order valence-electron chi connectivity index (χ0n) is 10.8. The van der Waals surface area contributed by atoms with Gasteiger partial charge in [-0.2, -0.15) is 8.78 Å². The molecule has 1 aliphatic rings. The van der Waals surface area contributed by atoms with Crippen LogP contribution in [-0.2, 0) is 4.74 Å². The van der Waals surface area contributed by atoms with Crippen molar-refractivity contribution in [2.75, 3.05) is 38.6 Å². The Morgan fingerprint density at radius 1 is 1.42 bits per heavy atom. The molecule has 4 nitrogen and oxygen atoms in total. The number of hydrogen-bond acceptors (Lipinski definition) is 4. The molecule has 1 atom stereocenters. The van der Waals surface area contributed by atoms with Crippen LogP contribution in [0, 0.1) is 0 Å². The van der Waals surface area contributed by atoms with Gasteiger partial charge in [-0.1, -0.05) is 0 Å². The van der Waals surface area contributed by atoms with Crippen molar-refractivity contribution in [1.29, 1.82) is 0 Å². The van der Waals surface area contributed by atoms with Crippen LogP contribution in [0.3, 0.4) is 0 Å². The monoisotopic (exact) mass is 272 g/mol. The lowest BCUT2D eigenvalue weighted by Crippen LogP contribution is -2.43. The molecule has 0 saturated carbocycles. The first-order valence-electron chi connectivity index (χ1n) is 6.22. The second kappa shape index (κ2) is 6.68. The van der Waals surface area contributed by atoms with Crippen LogP contribution in [0.25, 0.3) is 0 Å². The fraction of sp³-hybridized carbons (Fsp3) is 0.538. The highest BCUT2D eigenvalue weighted by atomic mass is 19.3. The van der Waals surface area contributed by atoms with Crippen molar-refractivity contribution in [3.8, 4) is 5.75 Å². The SMILES string of the molecule is CN1CCOC(CNc2ccc(OC(F)F)cc2)C1. The number of nitrogens with one attached hydrogen (secondary N) is 1. The molecule has 1 heterocycles. The molecule has 0 aliphatic carbocycles. The highest BCUT2D eigenvalue weighted by molar-refractivity contribution is 5.46. The standard InChI is InChI=1S/C13H18F2N2O2/c1-17-6-7-18-12(9-17)8-16-10-2-4-11(5-3-10)19-13(14)15/h2-5,12-13,16H,6-9H2,1H3. The summed E-state index contributed by atoms with van der Waals surface area (Å²) in [6.07, 6.45) is 0.149. The zero-order chi connectivity index (χ0) is 13.7. The second-order valence-electron chi connectivity index (χ2n) is 4.54. The molecule has 1 N–H and O–H groups in total. The Morgan fingerprint density at radius 3 is 2.79 bits per heavy atom. The third kappa shape index (κ3) is 4.65. The first-order valence-corrected chi connectivity index (χ1v) is 6.22. The highest BCUT2D eigenvalue weighted by Gasteiger charge is 2.17. The largest absolute Gasteiger partial charge is 0.435 e. The molecule has 6 heteroatoms. The van der Waals surface area contributed by atoms with Gasteiger partial charge in [-0.15, -0.1) is 0 Å². The van der Waals surface area contributed by atoms with Crippen LogP contribution in [0.4, 0.5) is 14.5 Å². The minimum Gasteiger partial charge on any atom is -0.435 e. The van der Waals surface area contributed by atoms with Crippen molar-refractivity contribution < 1.29 is 18.3 Å². The molecule has 19 heavy (non-hydrogen) atoms. The van der Waals surface area contributed by atoms with E-state index in [1.165, 1.54) is 12.1 Å². The van der Waals surface area contributed by atoms with Crippen molar-refractivity contribution in [3.05, 3.63) is 24.3 Å². The van der Waals surface area contributed by atoms with Crippen molar-refractivity contribution in [3.63, 3.8) is 0 Å². The molecule has 0 bridgehead atoms. The lowest BCUT2D eigenvalue weighted by molar-refractivity contribution is -0.0498. The average molecular weight is 272 g/mol. The first kappa shape index (κ1) is 14.0. The van der Waals surface area contributed by atoms with Crippen LogP contribution in [0.1, 0.15) is 0 Å². The molecule has 1 aromatic rings. The fourth-order valence-electron chi connectivity index (χ4n) is 1.98. The van der Waals surface area contributed by atoms with Gasteiger partial charge in [-0.3, -0.25) is 0 Å². The van der Waals surface area contributed by atoms with E-state index in [0.29, 0.717) is 6.54 Å². The minimum atomic E-state index is -2.79. The quantitative estimate of drug-likeness (QED) is 0.889. The van der Waals surface area contributed by atoms with E-state index in [0.717, 1.165) is 25.4 Å². The Bertz CT molecular complexity index is 387. The molecule has 106 valence electrons. The summed E-state index contributed by atoms with van der Waals surface area (Å²) in [5, 5.41) is 3.22. The molecule has 0 radical (unpaired) electrons. The van der Waals surface area contributed by atoms with E-state index >= 15 is 0 Å². The van der Waals surface area contributed by atoms with Crippen LogP contribution in [-0.4, -0.2) is 50.9 Å². The van der Waals surface area contributed by atoms with E-state index in [1.54, 1.807) is 12.1 Å². The normalized spacial score (nSPS) is 20.5. The molecule has 2 rings (SSSR count). The Hall–Kier alpha value is -1.40. The van der Waals surface area contributed by atoms with E-state index in [1.807, 2.05) is 0 Å². The number of hydrogen-bond donors (Lipinski definition) is 1. The van der Waals surface area contributed by atoms with Crippen molar-refractivity contribution in [1.82, 2.24) is 4.90 Å². The van der Waals surface area contributed by atoms with Gasteiger partial charge in [0.2, 0.25) is 0 Å². The minimum absolute atomic E-state index is 0.149. The van der Waals surface area contributed by atoms with E-state index in [-0.39, 0.29) is 11.9 Å². The van der Waals surface area contributed by atoms with Gasteiger partial charge < -0.3 is 19.7 Å². The summed E-state index contributed by atoms with van der Waals surface area (Å²) in [6.45, 7) is 0.490. The van der Waals surface area contributed by atoms with E-state index < -0.39 is 6.61 Å². The van der Waals surface area contributed by atoms with Gasteiger partial charge in [0.25, 0.3) is 0 Å². The van der Waals surface area contributed by atoms with Gasteiger partial charge in [0.1, 0.15) is 5.75 Å². The maximum atomic E-state index is 12.0. The van der Waals surface area contributed by atoms with E-state index in [4.69, 9.17) is 4.74 Å². The van der Waals surface area contributed by atoms with E-state index in [9.17, 15) is 8.78 Å². The Kier molecular flexibility index (Phi) is 4.93. The van der Waals surface area contributed by atoms with Gasteiger partial charge >= 0.3 is 6.61 Å². The predicted octanol–water partition coefficient (Wildman–Crippen LogP) is 2.03. The highest BCUT2D eigenvalue weighted by Crippen LogP contribution is 2.18.